The Hall–Kier alpha value is -2.81. The maximum absolute atomic E-state index is 12.6. The van der Waals surface area contributed by atoms with Gasteiger partial charge in [-0.2, -0.15) is 0 Å². The molecule has 9 heteroatoms. The number of amides is 2. The lowest BCUT2D eigenvalue weighted by Gasteiger charge is -2.51. The van der Waals surface area contributed by atoms with Crippen LogP contribution < -0.4 is 5.32 Å². The SMILES string of the molecule is COC(=O)C(NC(=O)OCc1ccccc1)C1(OCC2CC2)CN(C(=O)OC(C)(C)C)C1. The molecule has 2 aliphatic rings. The van der Waals surface area contributed by atoms with Gasteiger partial charge in [0.25, 0.3) is 0 Å². The standard InChI is InChI=1S/C23H32N2O7/c1-22(2,3)32-21(28)25-14-23(15-25,31-13-17-10-11-17)18(19(26)29-4)24-20(27)30-12-16-8-6-5-7-9-16/h5-9,17-18H,10-15H2,1-4H3,(H,24,27). The molecular weight excluding hydrogens is 416 g/mol. The molecule has 0 bridgehead atoms. The minimum absolute atomic E-state index is 0.0561. The fourth-order valence-corrected chi connectivity index (χ4v) is 3.39. The molecule has 32 heavy (non-hydrogen) atoms. The second kappa shape index (κ2) is 9.77. The number of rotatable bonds is 8. The molecular formula is C23H32N2O7. The summed E-state index contributed by atoms with van der Waals surface area (Å²) in [6, 6.07) is 8.08. The van der Waals surface area contributed by atoms with Gasteiger partial charge in [0.05, 0.1) is 26.8 Å². The maximum atomic E-state index is 12.6. The Morgan fingerprint density at radius 3 is 2.38 bits per heavy atom. The zero-order valence-electron chi connectivity index (χ0n) is 19.1. The van der Waals surface area contributed by atoms with Crippen LogP contribution in [0.1, 0.15) is 39.2 Å². The molecule has 0 aromatic heterocycles. The van der Waals surface area contributed by atoms with E-state index in [4.69, 9.17) is 18.9 Å². The minimum Gasteiger partial charge on any atom is -0.467 e. The number of nitrogens with one attached hydrogen (secondary N) is 1. The average molecular weight is 449 g/mol. The summed E-state index contributed by atoms with van der Waals surface area (Å²) in [6.07, 6.45) is 0.843. The fourth-order valence-electron chi connectivity index (χ4n) is 3.39. The zero-order chi connectivity index (χ0) is 23.4. The largest absolute Gasteiger partial charge is 0.467 e. The van der Waals surface area contributed by atoms with Crippen molar-refractivity contribution in [2.45, 2.75) is 57.5 Å². The molecule has 2 fully saturated rings. The van der Waals surface area contributed by atoms with E-state index in [2.05, 4.69) is 5.32 Å². The highest BCUT2D eigenvalue weighted by Crippen LogP contribution is 2.36. The Morgan fingerprint density at radius 1 is 1.16 bits per heavy atom. The molecule has 0 radical (unpaired) electrons. The van der Waals surface area contributed by atoms with Crippen molar-refractivity contribution in [3.05, 3.63) is 35.9 Å². The number of hydrogen-bond acceptors (Lipinski definition) is 7. The van der Waals surface area contributed by atoms with E-state index < -0.39 is 35.4 Å². The van der Waals surface area contributed by atoms with Crippen LogP contribution in [0.15, 0.2) is 30.3 Å². The van der Waals surface area contributed by atoms with Gasteiger partial charge in [-0.25, -0.2) is 14.4 Å². The molecule has 1 saturated heterocycles. The highest BCUT2D eigenvalue weighted by Gasteiger charge is 2.57. The van der Waals surface area contributed by atoms with Gasteiger partial charge in [-0.1, -0.05) is 30.3 Å². The molecule has 1 aromatic carbocycles. The third kappa shape index (κ3) is 6.35. The van der Waals surface area contributed by atoms with Crippen molar-refractivity contribution >= 4 is 18.2 Å². The van der Waals surface area contributed by atoms with Crippen LogP contribution in [0.3, 0.4) is 0 Å². The van der Waals surface area contributed by atoms with E-state index in [1.807, 2.05) is 30.3 Å². The Labute approximate surface area is 188 Å². The van der Waals surface area contributed by atoms with Gasteiger partial charge in [-0.15, -0.1) is 0 Å². The van der Waals surface area contributed by atoms with Gasteiger partial charge in [-0.3, -0.25) is 0 Å². The predicted molar refractivity (Wildman–Crippen MR) is 115 cm³/mol. The van der Waals surface area contributed by atoms with E-state index in [0.717, 1.165) is 18.4 Å². The first-order valence-electron chi connectivity index (χ1n) is 10.8. The fraction of sp³-hybridized carbons (Fsp3) is 0.609. The van der Waals surface area contributed by atoms with Crippen LogP contribution in [-0.2, 0) is 30.3 Å². The van der Waals surface area contributed by atoms with Gasteiger partial charge < -0.3 is 29.2 Å². The van der Waals surface area contributed by atoms with E-state index in [1.165, 1.54) is 12.0 Å². The third-order valence-electron chi connectivity index (χ3n) is 5.31. The second-order valence-electron chi connectivity index (χ2n) is 9.32. The summed E-state index contributed by atoms with van der Waals surface area (Å²) < 4.78 is 21.7. The van der Waals surface area contributed by atoms with E-state index in [0.29, 0.717) is 12.5 Å². The highest BCUT2D eigenvalue weighted by atomic mass is 16.6. The molecule has 1 atom stereocenters. The highest BCUT2D eigenvalue weighted by molar-refractivity contribution is 5.83. The monoisotopic (exact) mass is 448 g/mol. The van der Waals surface area contributed by atoms with Crippen LogP contribution >= 0.6 is 0 Å². The predicted octanol–water partition coefficient (Wildman–Crippen LogP) is 2.87. The van der Waals surface area contributed by atoms with Gasteiger partial charge in [0, 0.05) is 0 Å². The molecule has 1 aliphatic heterocycles. The number of nitrogens with zero attached hydrogens (tertiary/aromatic N) is 1. The molecule has 1 aliphatic carbocycles. The van der Waals surface area contributed by atoms with Crippen LogP contribution in [0.2, 0.25) is 0 Å². The van der Waals surface area contributed by atoms with Gasteiger partial charge in [-0.05, 0) is 45.1 Å². The number of methoxy groups -OCH3 is 1. The summed E-state index contributed by atoms with van der Waals surface area (Å²) in [5.74, 6) is -0.243. The van der Waals surface area contributed by atoms with Crippen LogP contribution in [0.5, 0.6) is 0 Å². The molecule has 1 unspecified atom stereocenters. The first-order valence-corrected chi connectivity index (χ1v) is 10.8. The molecule has 9 nitrogen and oxygen atoms in total. The normalized spacial score (nSPS) is 18.2. The number of hydrogen-bond donors (Lipinski definition) is 1. The lowest BCUT2D eigenvalue weighted by Crippen LogP contribution is -2.75. The quantitative estimate of drug-likeness (QED) is 0.482. The Morgan fingerprint density at radius 2 is 1.81 bits per heavy atom. The summed E-state index contributed by atoms with van der Waals surface area (Å²) in [5.41, 5.74) is -0.944. The minimum atomic E-state index is -1.13. The van der Waals surface area contributed by atoms with E-state index in [1.54, 1.807) is 20.8 Å². The number of carbonyl (C=O) groups excluding carboxylic acids is 3. The smallest absolute Gasteiger partial charge is 0.410 e. The van der Waals surface area contributed by atoms with Crippen molar-refractivity contribution in [1.82, 2.24) is 10.2 Å². The molecule has 2 amide bonds. The summed E-state index contributed by atoms with van der Waals surface area (Å²) >= 11 is 0. The molecule has 176 valence electrons. The summed E-state index contributed by atoms with van der Waals surface area (Å²) in [4.78, 5) is 39.0. The lowest BCUT2D eigenvalue weighted by atomic mass is 9.85. The second-order valence-corrected chi connectivity index (χ2v) is 9.32. The van der Waals surface area contributed by atoms with Crippen molar-refractivity contribution in [3.63, 3.8) is 0 Å². The van der Waals surface area contributed by atoms with Gasteiger partial charge in [0.2, 0.25) is 0 Å². The first kappa shape index (κ1) is 23.8. The van der Waals surface area contributed by atoms with Crippen LogP contribution in [0, 0.1) is 5.92 Å². The first-order chi connectivity index (χ1) is 15.1. The summed E-state index contributed by atoms with van der Waals surface area (Å²) in [7, 11) is 1.24. The van der Waals surface area contributed by atoms with Gasteiger partial charge in [0.1, 0.15) is 17.8 Å². The van der Waals surface area contributed by atoms with Crippen molar-refractivity contribution in [1.29, 1.82) is 0 Å². The topological polar surface area (TPSA) is 103 Å². The zero-order valence-corrected chi connectivity index (χ0v) is 19.1. The molecule has 1 aromatic rings. The van der Waals surface area contributed by atoms with Gasteiger partial charge >= 0.3 is 18.2 Å². The van der Waals surface area contributed by atoms with Gasteiger partial charge in [0.15, 0.2) is 6.04 Å². The van der Waals surface area contributed by atoms with E-state index in [-0.39, 0.29) is 19.7 Å². The third-order valence-corrected chi connectivity index (χ3v) is 5.31. The number of ether oxygens (including phenoxy) is 4. The van der Waals surface area contributed by atoms with E-state index in [9.17, 15) is 14.4 Å². The molecule has 1 heterocycles. The number of esters is 1. The molecule has 3 rings (SSSR count). The molecule has 1 N–H and O–H groups in total. The Balaban J connectivity index is 1.68. The number of alkyl carbamates (subject to hydrolysis) is 1. The Kier molecular flexibility index (Phi) is 7.28. The molecule has 1 saturated carbocycles. The maximum Gasteiger partial charge on any atom is 0.410 e. The van der Waals surface area contributed by atoms with Crippen molar-refractivity contribution in [2.75, 3.05) is 26.8 Å². The number of benzene rings is 1. The Bertz CT molecular complexity index is 811. The lowest BCUT2D eigenvalue weighted by molar-refractivity contribution is -0.180. The summed E-state index contributed by atoms with van der Waals surface area (Å²) in [6.45, 7) is 6.02. The summed E-state index contributed by atoms with van der Waals surface area (Å²) in [5, 5.41) is 2.59. The molecule has 0 spiro atoms. The average Bonchev–Trinajstić information content (AvgIpc) is 3.53. The van der Waals surface area contributed by atoms with E-state index >= 15 is 0 Å². The number of likely N-dealkylation sites (tertiary alicyclic amines) is 1. The van der Waals surface area contributed by atoms with Crippen molar-refractivity contribution < 1.29 is 33.3 Å². The van der Waals surface area contributed by atoms with Crippen LogP contribution in [-0.4, -0.2) is 67.1 Å². The van der Waals surface area contributed by atoms with Crippen LogP contribution in [0.4, 0.5) is 9.59 Å². The van der Waals surface area contributed by atoms with Crippen LogP contribution in [0.25, 0.3) is 0 Å². The van der Waals surface area contributed by atoms with Crippen molar-refractivity contribution in [3.8, 4) is 0 Å². The number of carbonyl (C=O) groups is 3. The van der Waals surface area contributed by atoms with Crippen molar-refractivity contribution in [2.24, 2.45) is 5.92 Å².